The standard InChI is InChI=1S/C21H19F4N3O3/c1-12(2)30-18-8-7-13(22)9-16(18)17-10-14(27-28-17)11-26-20(29)15-5-3-4-6-19(15)31-21(23,24)25/h3-10,12H,11H2,1-2H3,(H,26,29)(H,27,28). The summed E-state index contributed by atoms with van der Waals surface area (Å²) in [5.41, 5.74) is 1.02. The fourth-order valence-electron chi connectivity index (χ4n) is 2.80. The number of nitrogens with one attached hydrogen (secondary N) is 2. The number of nitrogens with zero attached hydrogens (tertiary/aromatic N) is 1. The fraction of sp³-hybridized carbons (Fsp3) is 0.238. The minimum absolute atomic E-state index is 0.0780. The first-order valence-corrected chi connectivity index (χ1v) is 9.26. The second-order valence-corrected chi connectivity index (χ2v) is 6.81. The van der Waals surface area contributed by atoms with Gasteiger partial charge in [-0.2, -0.15) is 5.10 Å². The Balaban J connectivity index is 1.74. The number of hydrogen-bond acceptors (Lipinski definition) is 4. The van der Waals surface area contributed by atoms with Gasteiger partial charge in [-0.25, -0.2) is 4.39 Å². The summed E-state index contributed by atoms with van der Waals surface area (Å²) in [5, 5.41) is 9.30. The second-order valence-electron chi connectivity index (χ2n) is 6.81. The van der Waals surface area contributed by atoms with Crippen molar-refractivity contribution >= 4 is 5.91 Å². The van der Waals surface area contributed by atoms with Gasteiger partial charge < -0.3 is 14.8 Å². The van der Waals surface area contributed by atoms with Crippen molar-refractivity contribution in [1.82, 2.24) is 15.5 Å². The molecule has 0 spiro atoms. The smallest absolute Gasteiger partial charge is 0.490 e. The lowest BCUT2D eigenvalue weighted by Crippen LogP contribution is -2.25. The Bertz CT molecular complexity index is 1060. The maximum Gasteiger partial charge on any atom is 0.573 e. The molecule has 1 heterocycles. The number of benzene rings is 2. The van der Waals surface area contributed by atoms with Crippen LogP contribution in [-0.2, 0) is 6.54 Å². The highest BCUT2D eigenvalue weighted by molar-refractivity contribution is 5.96. The van der Waals surface area contributed by atoms with E-state index in [0.29, 0.717) is 22.7 Å². The lowest BCUT2D eigenvalue weighted by molar-refractivity contribution is -0.274. The van der Waals surface area contributed by atoms with Gasteiger partial charge in [-0.1, -0.05) is 12.1 Å². The SMILES string of the molecule is CC(C)Oc1ccc(F)cc1-c1cc(CNC(=O)c2ccccc2OC(F)(F)F)n[nH]1. The van der Waals surface area contributed by atoms with E-state index in [2.05, 4.69) is 20.3 Å². The molecule has 2 N–H and O–H groups in total. The molecule has 2 aromatic carbocycles. The van der Waals surface area contributed by atoms with Crippen molar-refractivity contribution in [3.05, 3.63) is 65.6 Å². The van der Waals surface area contributed by atoms with Crippen LogP contribution in [0, 0.1) is 5.82 Å². The number of carbonyl (C=O) groups excluding carboxylic acids is 1. The highest BCUT2D eigenvalue weighted by Crippen LogP contribution is 2.31. The van der Waals surface area contributed by atoms with Gasteiger partial charge in [-0.15, -0.1) is 13.2 Å². The Kier molecular flexibility index (Phi) is 6.47. The predicted octanol–water partition coefficient (Wildman–Crippen LogP) is 4.83. The van der Waals surface area contributed by atoms with E-state index in [0.717, 1.165) is 6.07 Å². The van der Waals surface area contributed by atoms with Gasteiger partial charge in [-0.3, -0.25) is 9.89 Å². The van der Waals surface area contributed by atoms with Crippen LogP contribution >= 0.6 is 0 Å². The lowest BCUT2D eigenvalue weighted by atomic mass is 10.1. The van der Waals surface area contributed by atoms with Gasteiger partial charge in [0.25, 0.3) is 5.91 Å². The van der Waals surface area contributed by atoms with Crippen LogP contribution in [0.4, 0.5) is 17.6 Å². The van der Waals surface area contributed by atoms with Crippen LogP contribution < -0.4 is 14.8 Å². The highest BCUT2D eigenvalue weighted by Gasteiger charge is 2.32. The minimum atomic E-state index is -4.92. The number of rotatable bonds is 7. The van der Waals surface area contributed by atoms with E-state index in [9.17, 15) is 22.4 Å². The molecule has 0 aliphatic heterocycles. The second kappa shape index (κ2) is 9.07. The van der Waals surface area contributed by atoms with Crippen LogP contribution in [-0.4, -0.2) is 28.6 Å². The van der Waals surface area contributed by atoms with Gasteiger partial charge in [0.15, 0.2) is 0 Å². The summed E-state index contributed by atoms with van der Waals surface area (Å²) in [7, 11) is 0. The highest BCUT2D eigenvalue weighted by atomic mass is 19.4. The average molecular weight is 437 g/mol. The number of halogens is 4. The maximum atomic E-state index is 13.7. The van der Waals surface area contributed by atoms with E-state index < -0.39 is 23.8 Å². The van der Waals surface area contributed by atoms with E-state index in [1.807, 2.05) is 13.8 Å². The summed E-state index contributed by atoms with van der Waals surface area (Å²) in [6, 6.07) is 10.7. The minimum Gasteiger partial charge on any atom is -0.490 e. The normalized spacial score (nSPS) is 11.5. The zero-order chi connectivity index (χ0) is 22.6. The molecule has 6 nitrogen and oxygen atoms in total. The molecule has 0 radical (unpaired) electrons. The van der Waals surface area contributed by atoms with Crippen LogP contribution in [0.3, 0.4) is 0 Å². The molecular formula is C21H19F4N3O3. The summed E-state index contributed by atoms with van der Waals surface area (Å²) < 4.78 is 60.9. The van der Waals surface area contributed by atoms with E-state index in [1.165, 1.54) is 36.4 Å². The Morgan fingerprint density at radius 3 is 2.58 bits per heavy atom. The van der Waals surface area contributed by atoms with E-state index in [1.54, 1.807) is 6.07 Å². The molecule has 0 saturated heterocycles. The molecule has 0 atom stereocenters. The van der Waals surface area contributed by atoms with Crippen molar-refractivity contribution in [3.8, 4) is 22.8 Å². The lowest BCUT2D eigenvalue weighted by Gasteiger charge is -2.13. The number of alkyl halides is 3. The first kappa shape index (κ1) is 22.1. The summed E-state index contributed by atoms with van der Waals surface area (Å²) in [5.74, 6) is -1.38. The average Bonchev–Trinajstić information content (AvgIpc) is 3.15. The van der Waals surface area contributed by atoms with Crippen molar-refractivity contribution in [1.29, 1.82) is 0 Å². The zero-order valence-electron chi connectivity index (χ0n) is 16.6. The molecule has 0 aliphatic rings. The van der Waals surface area contributed by atoms with Gasteiger partial charge in [0.2, 0.25) is 0 Å². The zero-order valence-corrected chi connectivity index (χ0v) is 16.6. The number of hydrogen-bond donors (Lipinski definition) is 2. The molecule has 164 valence electrons. The molecule has 10 heteroatoms. The molecule has 0 fully saturated rings. The van der Waals surface area contributed by atoms with E-state index >= 15 is 0 Å². The largest absolute Gasteiger partial charge is 0.573 e. The quantitative estimate of drug-likeness (QED) is 0.519. The van der Waals surface area contributed by atoms with Gasteiger partial charge in [0, 0.05) is 5.56 Å². The van der Waals surface area contributed by atoms with Crippen LogP contribution in [0.25, 0.3) is 11.3 Å². The van der Waals surface area contributed by atoms with Crippen molar-refractivity contribution in [2.45, 2.75) is 32.9 Å². The number of ether oxygens (including phenoxy) is 2. The molecule has 0 aliphatic carbocycles. The molecular weight excluding hydrogens is 418 g/mol. The first-order valence-electron chi connectivity index (χ1n) is 9.26. The van der Waals surface area contributed by atoms with Crippen LogP contribution in [0.15, 0.2) is 48.5 Å². The summed E-state index contributed by atoms with van der Waals surface area (Å²) >= 11 is 0. The van der Waals surface area contributed by atoms with Crippen molar-refractivity contribution < 1.29 is 31.8 Å². The molecule has 1 amide bonds. The Labute approximate surface area is 175 Å². The number of amides is 1. The van der Waals surface area contributed by atoms with Gasteiger partial charge in [-0.05, 0) is 50.2 Å². The molecule has 3 rings (SSSR count). The third-order valence-electron chi connectivity index (χ3n) is 4.01. The number of aromatic nitrogens is 2. The topological polar surface area (TPSA) is 76.2 Å². The van der Waals surface area contributed by atoms with Crippen molar-refractivity contribution in [2.24, 2.45) is 0 Å². The molecule has 0 saturated carbocycles. The van der Waals surface area contributed by atoms with Crippen molar-refractivity contribution in [3.63, 3.8) is 0 Å². The number of para-hydroxylation sites is 1. The number of aromatic amines is 1. The van der Waals surface area contributed by atoms with Gasteiger partial charge >= 0.3 is 6.36 Å². The summed E-state index contributed by atoms with van der Waals surface area (Å²) in [4.78, 5) is 12.4. The molecule has 1 aromatic heterocycles. The Morgan fingerprint density at radius 1 is 1.13 bits per heavy atom. The third-order valence-corrected chi connectivity index (χ3v) is 4.01. The Morgan fingerprint density at radius 2 is 1.87 bits per heavy atom. The molecule has 31 heavy (non-hydrogen) atoms. The van der Waals surface area contributed by atoms with Gasteiger partial charge in [0.05, 0.1) is 29.6 Å². The maximum absolute atomic E-state index is 13.7. The van der Waals surface area contributed by atoms with E-state index in [4.69, 9.17) is 4.74 Å². The summed E-state index contributed by atoms with van der Waals surface area (Å²) in [6.07, 6.45) is -5.06. The predicted molar refractivity (Wildman–Crippen MR) is 104 cm³/mol. The Hall–Kier alpha value is -3.56. The molecule has 0 unspecified atom stereocenters. The fourth-order valence-corrected chi connectivity index (χ4v) is 2.80. The van der Waals surface area contributed by atoms with E-state index in [-0.39, 0.29) is 18.2 Å². The number of carbonyl (C=O) groups is 1. The number of H-pyrrole nitrogens is 1. The molecule has 3 aromatic rings. The molecule has 0 bridgehead atoms. The monoisotopic (exact) mass is 437 g/mol. The summed E-state index contributed by atoms with van der Waals surface area (Å²) in [6.45, 7) is 3.59. The van der Waals surface area contributed by atoms with Crippen LogP contribution in [0.2, 0.25) is 0 Å². The van der Waals surface area contributed by atoms with Crippen LogP contribution in [0.5, 0.6) is 11.5 Å². The van der Waals surface area contributed by atoms with Crippen molar-refractivity contribution in [2.75, 3.05) is 0 Å². The first-order chi connectivity index (χ1) is 14.6. The van der Waals surface area contributed by atoms with Gasteiger partial charge in [0.1, 0.15) is 17.3 Å². The van der Waals surface area contributed by atoms with Crippen LogP contribution in [0.1, 0.15) is 29.9 Å². The third kappa shape index (κ3) is 5.97.